The summed E-state index contributed by atoms with van der Waals surface area (Å²) in [6.45, 7) is 6.62. The molecule has 1 atom stereocenters. The molecule has 1 aromatic rings. The third-order valence-corrected chi connectivity index (χ3v) is 5.52. The molecule has 1 fully saturated rings. The molecule has 2 aliphatic rings. The molecule has 0 bridgehead atoms. The fourth-order valence-corrected chi connectivity index (χ4v) is 3.98. The minimum Gasteiger partial charge on any atom is -0.487 e. The van der Waals surface area contributed by atoms with E-state index in [1.54, 1.807) is 0 Å². The maximum Gasteiger partial charge on any atom is 0.123 e. The molecule has 0 N–H and O–H groups in total. The monoisotopic (exact) mass is 278 g/mol. The number of halogens is 1. The lowest BCUT2D eigenvalue weighted by Crippen LogP contribution is -2.24. The summed E-state index contributed by atoms with van der Waals surface area (Å²) >= 11 is 6.79. The van der Waals surface area contributed by atoms with E-state index in [1.165, 1.54) is 36.8 Å². The van der Waals surface area contributed by atoms with Gasteiger partial charge < -0.3 is 4.74 Å². The van der Waals surface area contributed by atoms with E-state index < -0.39 is 0 Å². The number of hydrogen-bond donors (Lipinski definition) is 0. The molecule has 0 saturated heterocycles. The van der Waals surface area contributed by atoms with Crippen molar-refractivity contribution in [2.45, 2.75) is 63.9 Å². The van der Waals surface area contributed by atoms with Gasteiger partial charge in [-0.25, -0.2) is 0 Å². The number of ether oxygens (including phenoxy) is 1. The van der Waals surface area contributed by atoms with Crippen molar-refractivity contribution < 1.29 is 4.74 Å². The second-order valence-electron chi connectivity index (χ2n) is 7.13. The topological polar surface area (TPSA) is 9.23 Å². The number of rotatable bonds is 2. The maximum atomic E-state index is 6.79. The molecule has 3 rings (SSSR count). The molecule has 1 nitrogen and oxygen atoms in total. The first-order valence-electron chi connectivity index (χ1n) is 7.36. The third-order valence-electron chi connectivity index (χ3n) is 4.74. The fraction of sp³-hybridized carbons (Fsp3) is 0.647. The van der Waals surface area contributed by atoms with Crippen LogP contribution in [0.15, 0.2) is 18.2 Å². The third kappa shape index (κ3) is 2.38. The van der Waals surface area contributed by atoms with E-state index in [0.29, 0.717) is 0 Å². The normalized spacial score (nSPS) is 24.8. The van der Waals surface area contributed by atoms with E-state index in [2.05, 4.69) is 39.0 Å². The second-order valence-corrected chi connectivity index (χ2v) is 7.57. The van der Waals surface area contributed by atoms with E-state index in [4.69, 9.17) is 16.3 Å². The predicted molar refractivity (Wildman–Crippen MR) is 80.0 cm³/mol. The van der Waals surface area contributed by atoms with Gasteiger partial charge in [-0.15, -0.1) is 11.6 Å². The van der Waals surface area contributed by atoms with Crippen molar-refractivity contribution in [1.82, 2.24) is 0 Å². The summed E-state index contributed by atoms with van der Waals surface area (Å²) in [6.07, 6.45) is 6.12. The minimum atomic E-state index is -0.0694. The first kappa shape index (κ1) is 13.3. The molecule has 104 valence electrons. The number of hydrogen-bond acceptors (Lipinski definition) is 1. The van der Waals surface area contributed by atoms with Crippen LogP contribution in [0.1, 0.15) is 63.0 Å². The Bertz CT molecular complexity index is 486. The molecule has 1 aliphatic carbocycles. The van der Waals surface area contributed by atoms with Gasteiger partial charge in [0.15, 0.2) is 0 Å². The van der Waals surface area contributed by atoms with Crippen molar-refractivity contribution in [3.05, 3.63) is 29.3 Å². The van der Waals surface area contributed by atoms with Gasteiger partial charge in [-0.3, -0.25) is 0 Å². The van der Waals surface area contributed by atoms with Crippen molar-refractivity contribution in [3.8, 4) is 5.75 Å². The summed E-state index contributed by atoms with van der Waals surface area (Å²) < 4.78 is 5.94. The Balaban J connectivity index is 1.88. The largest absolute Gasteiger partial charge is 0.487 e. The van der Waals surface area contributed by atoms with Crippen molar-refractivity contribution in [3.63, 3.8) is 0 Å². The van der Waals surface area contributed by atoms with Gasteiger partial charge in [0.2, 0.25) is 0 Å². The maximum absolute atomic E-state index is 6.79. The second kappa shape index (κ2) is 4.41. The van der Waals surface area contributed by atoms with Gasteiger partial charge in [-0.1, -0.05) is 31.9 Å². The molecule has 2 heteroatoms. The highest BCUT2D eigenvalue weighted by molar-refractivity contribution is 6.21. The Labute approximate surface area is 121 Å². The fourth-order valence-electron chi connectivity index (χ4n) is 3.63. The van der Waals surface area contributed by atoms with E-state index in [9.17, 15) is 0 Å². The van der Waals surface area contributed by atoms with E-state index in [0.717, 1.165) is 12.2 Å². The van der Waals surface area contributed by atoms with Crippen LogP contribution in [-0.2, 0) is 6.42 Å². The van der Waals surface area contributed by atoms with Crippen LogP contribution < -0.4 is 4.74 Å². The van der Waals surface area contributed by atoms with Gasteiger partial charge in [0.1, 0.15) is 11.4 Å². The highest BCUT2D eigenvalue weighted by atomic mass is 35.5. The predicted octanol–water partition coefficient (Wildman–Crippen LogP) is 5.26. The Kier molecular flexibility index (Phi) is 3.09. The summed E-state index contributed by atoms with van der Waals surface area (Å²) in [5.74, 6) is 1.04. The molecule has 1 unspecified atom stereocenters. The molecule has 0 aromatic heterocycles. The summed E-state index contributed by atoms with van der Waals surface area (Å²) in [4.78, 5) is 0. The minimum absolute atomic E-state index is 0.0694. The van der Waals surface area contributed by atoms with Gasteiger partial charge in [0, 0.05) is 6.42 Å². The van der Waals surface area contributed by atoms with Crippen LogP contribution in [0.5, 0.6) is 5.75 Å². The highest BCUT2D eigenvalue weighted by Crippen LogP contribution is 2.51. The van der Waals surface area contributed by atoms with Crippen LogP contribution in [0.25, 0.3) is 0 Å². The lowest BCUT2D eigenvalue weighted by atomic mass is 9.81. The summed E-state index contributed by atoms with van der Waals surface area (Å²) in [5.41, 5.74) is 2.78. The summed E-state index contributed by atoms with van der Waals surface area (Å²) in [6, 6.07) is 6.53. The van der Waals surface area contributed by atoms with E-state index in [-0.39, 0.29) is 16.4 Å². The number of fused-ring (bicyclic) bond motifs is 1. The zero-order valence-corrected chi connectivity index (χ0v) is 12.9. The van der Waals surface area contributed by atoms with Crippen LogP contribution in [0.4, 0.5) is 0 Å². The number of alkyl halides is 1. The van der Waals surface area contributed by atoms with Crippen LogP contribution >= 0.6 is 11.6 Å². The smallest absolute Gasteiger partial charge is 0.123 e. The zero-order valence-electron chi connectivity index (χ0n) is 12.1. The molecule has 0 spiro atoms. The van der Waals surface area contributed by atoms with Gasteiger partial charge >= 0.3 is 0 Å². The van der Waals surface area contributed by atoms with Crippen LogP contribution in [0.2, 0.25) is 0 Å². The first-order valence-corrected chi connectivity index (χ1v) is 7.79. The summed E-state index contributed by atoms with van der Waals surface area (Å²) in [5, 5.41) is 0.129. The molecule has 1 saturated carbocycles. The standard InChI is InChI=1S/C17H23ClO/c1-16(2)11-13-10-12(6-7-14(13)19-16)15(18)17(3)8-4-5-9-17/h6-7,10,15H,4-5,8-9,11H2,1-3H3. The summed E-state index contributed by atoms with van der Waals surface area (Å²) in [7, 11) is 0. The molecule has 0 amide bonds. The van der Waals surface area contributed by atoms with Crippen molar-refractivity contribution in [2.24, 2.45) is 5.41 Å². The highest BCUT2D eigenvalue weighted by Gasteiger charge is 2.38. The van der Waals surface area contributed by atoms with Crippen LogP contribution in [-0.4, -0.2) is 5.60 Å². The van der Waals surface area contributed by atoms with Gasteiger partial charge in [0.25, 0.3) is 0 Å². The number of benzene rings is 1. The van der Waals surface area contributed by atoms with Crippen LogP contribution in [0.3, 0.4) is 0 Å². The van der Waals surface area contributed by atoms with Gasteiger partial charge in [-0.2, -0.15) is 0 Å². The van der Waals surface area contributed by atoms with E-state index in [1.807, 2.05) is 0 Å². The molecular formula is C17H23ClO. The van der Waals surface area contributed by atoms with Crippen molar-refractivity contribution >= 4 is 11.6 Å². The van der Waals surface area contributed by atoms with Gasteiger partial charge in [-0.05, 0) is 49.3 Å². The Morgan fingerprint density at radius 2 is 1.84 bits per heavy atom. The SMILES string of the molecule is CC1(C)Cc2cc(C(Cl)C3(C)CCCC3)ccc2O1. The van der Waals surface area contributed by atoms with Crippen molar-refractivity contribution in [1.29, 1.82) is 0 Å². The van der Waals surface area contributed by atoms with Crippen molar-refractivity contribution in [2.75, 3.05) is 0 Å². The molecule has 0 radical (unpaired) electrons. The average molecular weight is 279 g/mol. The van der Waals surface area contributed by atoms with Gasteiger partial charge in [0.05, 0.1) is 5.38 Å². The Hall–Kier alpha value is -0.690. The first-order chi connectivity index (χ1) is 8.90. The molecule has 1 aromatic carbocycles. The zero-order chi connectivity index (χ0) is 13.7. The van der Waals surface area contributed by atoms with E-state index >= 15 is 0 Å². The Morgan fingerprint density at radius 1 is 1.16 bits per heavy atom. The molecule has 1 heterocycles. The molecule has 1 aliphatic heterocycles. The quantitative estimate of drug-likeness (QED) is 0.671. The molecule has 19 heavy (non-hydrogen) atoms. The molecular weight excluding hydrogens is 256 g/mol. The Morgan fingerprint density at radius 3 is 2.53 bits per heavy atom. The average Bonchev–Trinajstić information content (AvgIpc) is 2.90. The van der Waals surface area contributed by atoms with Crippen LogP contribution in [0, 0.1) is 5.41 Å². The lowest BCUT2D eigenvalue weighted by Gasteiger charge is -2.30. The lowest BCUT2D eigenvalue weighted by molar-refractivity contribution is 0.138.